The molecular formula is C12H18N2O. The van der Waals surface area contributed by atoms with E-state index >= 15 is 0 Å². The SMILES string of the molecule is CCN(CCN)C(=O)c1ccc(C)cc1. The van der Waals surface area contributed by atoms with Gasteiger partial charge in [-0.05, 0) is 26.0 Å². The Balaban J connectivity index is 2.78. The second kappa shape index (κ2) is 5.51. The largest absolute Gasteiger partial charge is 0.338 e. The van der Waals surface area contributed by atoms with Crippen LogP contribution in [0.25, 0.3) is 0 Å². The van der Waals surface area contributed by atoms with Gasteiger partial charge in [0, 0.05) is 25.2 Å². The van der Waals surface area contributed by atoms with Gasteiger partial charge >= 0.3 is 0 Å². The number of aryl methyl sites for hydroxylation is 1. The molecule has 0 bridgehead atoms. The molecule has 0 heterocycles. The van der Waals surface area contributed by atoms with Crippen LogP contribution in [0, 0.1) is 6.92 Å². The number of nitrogens with zero attached hydrogens (tertiary/aromatic N) is 1. The summed E-state index contributed by atoms with van der Waals surface area (Å²) in [5.74, 6) is 0.0583. The van der Waals surface area contributed by atoms with E-state index in [4.69, 9.17) is 5.73 Å². The van der Waals surface area contributed by atoms with Crippen LogP contribution in [0.3, 0.4) is 0 Å². The summed E-state index contributed by atoms with van der Waals surface area (Å²) in [4.78, 5) is 13.7. The highest BCUT2D eigenvalue weighted by Gasteiger charge is 2.12. The van der Waals surface area contributed by atoms with Crippen LogP contribution in [0.1, 0.15) is 22.8 Å². The molecule has 1 aromatic rings. The third kappa shape index (κ3) is 3.06. The van der Waals surface area contributed by atoms with Gasteiger partial charge < -0.3 is 10.6 Å². The van der Waals surface area contributed by atoms with Crippen molar-refractivity contribution in [1.29, 1.82) is 0 Å². The Morgan fingerprint density at radius 1 is 1.33 bits per heavy atom. The molecule has 15 heavy (non-hydrogen) atoms. The summed E-state index contributed by atoms with van der Waals surface area (Å²) >= 11 is 0. The van der Waals surface area contributed by atoms with Crippen LogP contribution >= 0.6 is 0 Å². The molecule has 0 unspecified atom stereocenters. The third-order valence-corrected chi connectivity index (χ3v) is 2.37. The molecule has 0 spiro atoms. The fourth-order valence-electron chi connectivity index (χ4n) is 1.44. The van der Waals surface area contributed by atoms with Crippen molar-refractivity contribution in [3.05, 3.63) is 35.4 Å². The number of hydrogen-bond acceptors (Lipinski definition) is 2. The zero-order chi connectivity index (χ0) is 11.3. The first-order valence-corrected chi connectivity index (χ1v) is 5.25. The van der Waals surface area contributed by atoms with Crippen LogP contribution < -0.4 is 5.73 Å². The molecule has 0 aliphatic carbocycles. The highest BCUT2D eigenvalue weighted by molar-refractivity contribution is 5.94. The van der Waals surface area contributed by atoms with Gasteiger partial charge in [-0.1, -0.05) is 17.7 Å². The Morgan fingerprint density at radius 2 is 1.93 bits per heavy atom. The van der Waals surface area contributed by atoms with Gasteiger partial charge in [-0.2, -0.15) is 0 Å². The number of amides is 1. The number of hydrogen-bond donors (Lipinski definition) is 1. The van der Waals surface area contributed by atoms with Gasteiger partial charge in [0.15, 0.2) is 0 Å². The van der Waals surface area contributed by atoms with Crippen LogP contribution in [-0.2, 0) is 0 Å². The maximum Gasteiger partial charge on any atom is 0.253 e. The normalized spacial score (nSPS) is 10.1. The summed E-state index contributed by atoms with van der Waals surface area (Å²) in [5.41, 5.74) is 7.34. The molecule has 1 amide bonds. The van der Waals surface area contributed by atoms with Gasteiger partial charge in [-0.3, -0.25) is 4.79 Å². The van der Waals surface area contributed by atoms with E-state index in [-0.39, 0.29) is 5.91 Å². The summed E-state index contributed by atoms with van der Waals surface area (Å²) in [6.45, 7) is 5.78. The van der Waals surface area contributed by atoms with E-state index in [1.165, 1.54) is 0 Å². The molecule has 1 rings (SSSR count). The molecule has 0 aliphatic heterocycles. The summed E-state index contributed by atoms with van der Waals surface area (Å²) < 4.78 is 0. The van der Waals surface area contributed by atoms with Crippen molar-refractivity contribution in [2.45, 2.75) is 13.8 Å². The van der Waals surface area contributed by atoms with E-state index < -0.39 is 0 Å². The van der Waals surface area contributed by atoms with Gasteiger partial charge in [0.05, 0.1) is 0 Å². The number of rotatable bonds is 4. The molecule has 0 radical (unpaired) electrons. The van der Waals surface area contributed by atoms with Gasteiger partial charge in [0.1, 0.15) is 0 Å². The molecule has 0 saturated heterocycles. The monoisotopic (exact) mass is 206 g/mol. The third-order valence-electron chi connectivity index (χ3n) is 2.37. The summed E-state index contributed by atoms with van der Waals surface area (Å²) in [5, 5.41) is 0. The fourth-order valence-corrected chi connectivity index (χ4v) is 1.44. The second-order valence-electron chi connectivity index (χ2n) is 3.54. The van der Waals surface area contributed by atoms with Gasteiger partial charge in [0.2, 0.25) is 0 Å². The van der Waals surface area contributed by atoms with E-state index in [0.29, 0.717) is 19.6 Å². The lowest BCUT2D eigenvalue weighted by Crippen LogP contribution is -2.35. The molecule has 3 nitrogen and oxygen atoms in total. The molecule has 1 aromatic carbocycles. The van der Waals surface area contributed by atoms with Crippen LogP contribution in [0.15, 0.2) is 24.3 Å². The minimum absolute atomic E-state index is 0.0583. The van der Waals surface area contributed by atoms with Crippen molar-refractivity contribution in [3.8, 4) is 0 Å². The van der Waals surface area contributed by atoms with Crippen LogP contribution in [0.4, 0.5) is 0 Å². The van der Waals surface area contributed by atoms with Crippen molar-refractivity contribution >= 4 is 5.91 Å². The topological polar surface area (TPSA) is 46.3 Å². The smallest absolute Gasteiger partial charge is 0.253 e. The maximum absolute atomic E-state index is 11.9. The lowest BCUT2D eigenvalue weighted by molar-refractivity contribution is 0.0769. The lowest BCUT2D eigenvalue weighted by atomic mass is 10.1. The van der Waals surface area contributed by atoms with Crippen molar-refractivity contribution in [3.63, 3.8) is 0 Å². The predicted molar refractivity (Wildman–Crippen MR) is 61.8 cm³/mol. The van der Waals surface area contributed by atoms with Crippen molar-refractivity contribution < 1.29 is 4.79 Å². The first-order chi connectivity index (χ1) is 7.19. The Hall–Kier alpha value is -1.35. The average molecular weight is 206 g/mol. The van der Waals surface area contributed by atoms with E-state index in [2.05, 4.69) is 0 Å². The van der Waals surface area contributed by atoms with Gasteiger partial charge in [-0.25, -0.2) is 0 Å². The highest BCUT2D eigenvalue weighted by Crippen LogP contribution is 2.06. The lowest BCUT2D eigenvalue weighted by Gasteiger charge is -2.19. The van der Waals surface area contributed by atoms with Gasteiger partial charge in [0.25, 0.3) is 5.91 Å². The number of carbonyl (C=O) groups excluding carboxylic acids is 1. The zero-order valence-corrected chi connectivity index (χ0v) is 9.36. The van der Waals surface area contributed by atoms with Crippen LogP contribution in [-0.4, -0.2) is 30.4 Å². The minimum atomic E-state index is 0.0583. The number of benzene rings is 1. The van der Waals surface area contributed by atoms with Crippen molar-refractivity contribution in [1.82, 2.24) is 4.90 Å². The Morgan fingerprint density at radius 3 is 2.40 bits per heavy atom. The Labute approximate surface area is 90.9 Å². The molecular weight excluding hydrogens is 188 g/mol. The van der Waals surface area contributed by atoms with E-state index in [0.717, 1.165) is 11.1 Å². The number of likely N-dealkylation sites (N-methyl/N-ethyl adjacent to an activating group) is 1. The number of nitrogens with two attached hydrogens (primary N) is 1. The molecule has 3 heteroatoms. The minimum Gasteiger partial charge on any atom is -0.338 e. The molecule has 0 aromatic heterocycles. The summed E-state index contributed by atoms with van der Waals surface area (Å²) in [7, 11) is 0. The highest BCUT2D eigenvalue weighted by atomic mass is 16.2. The molecule has 82 valence electrons. The molecule has 0 fully saturated rings. The molecule has 0 aliphatic rings. The Kier molecular flexibility index (Phi) is 4.31. The predicted octanol–water partition coefficient (Wildman–Crippen LogP) is 1.42. The molecule has 0 saturated carbocycles. The van der Waals surface area contributed by atoms with Crippen LogP contribution in [0.5, 0.6) is 0 Å². The Bertz CT molecular complexity index is 319. The first kappa shape index (κ1) is 11.7. The second-order valence-corrected chi connectivity index (χ2v) is 3.54. The average Bonchev–Trinajstić information content (AvgIpc) is 2.26. The number of carbonyl (C=O) groups is 1. The van der Waals surface area contributed by atoms with E-state index in [1.54, 1.807) is 4.90 Å². The molecule has 2 N–H and O–H groups in total. The van der Waals surface area contributed by atoms with E-state index in [1.807, 2.05) is 38.1 Å². The van der Waals surface area contributed by atoms with E-state index in [9.17, 15) is 4.79 Å². The summed E-state index contributed by atoms with van der Waals surface area (Å²) in [6, 6.07) is 7.61. The standard InChI is InChI=1S/C12H18N2O/c1-3-14(9-8-13)12(15)11-6-4-10(2)5-7-11/h4-7H,3,8-9,13H2,1-2H3. The van der Waals surface area contributed by atoms with Crippen LogP contribution in [0.2, 0.25) is 0 Å². The van der Waals surface area contributed by atoms with Gasteiger partial charge in [-0.15, -0.1) is 0 Å². The van der Waals surface area contributed by atoms with Crippen molar-refractivity contribution in [2.24, 2.45) is 5.73 Å². The van der Waals surface area contributed by atoms with Crippen molar-refractivity contribution in [2.75, 3.05) is 19.6 Å². The quantitative estimate of drug-likeness (QED) is 0.809. The fraction of sp³-hybridized carbons (Fsp3) is 0.417. The first-order valence-electron chi connectivity index (χ1n) is 5.25. The maximum atomic E-state index is 11.9. The zero-order valence-electron chi connectivity index (χ0n) is 9.36. The molecule has 0 atom stereocenters. The summed E-state index contributed by atoms with van der Waals surface area (Å²) in [6.07, 6.45) is 0.